The van der Waals surface area contributed by atoms with Gasteiger partial charge in [-0.2, -0.15) is 4.52 Å². The predicted octanol–water partition coefficient (Wildman–Crippen LogP) is 3.73. The second kappa shape index (κ2) is 6.20. The molecule has 2 heterocycles. The van der Waals surface area contributed by atoms with Crippen LogP contribution in [0.3, 0.4) is 0 Å². The first-order valence-electron chi connectivity index (χ1n) is 7.54. The van der Waals surface area contributed by atoms with Gasteiger partial charge in [-0.25, -0.2) is 4.39 Å². The first kappa shape index (κ1) is 15.1. The van der Waals surface area contributed by atoms with E-state index in [-0.39, 0.29) is 5.82 Å². The Morgan fingerprint density at radius 2 is 1.72 bits per heavy atom. The summed E-state index contributed by atoms with van der Waals surface area (Å²) in [6.45, 7) is 0. The van der Waals surface area contributed by atoms with E-state index in [1.54, 1.807) is 23.8 Å². The molecule has 0 atom stereocenters. The van der Waals surface area contributed by atoms with Gasteiger partial charge in [0.1, 0.15) is 17.3 Å². The Hall–Kier alpha value is -3.48. The third-order valence-corrected chi connectivity index (χ3v) is 3.62. The minimum absolute atomic E-state index is 0.326. The molecular formula is C18H13FN4O2. The van der Waals surface area contributed by atoms with Crippen LogP contribution in [-0.4, -0.2) is 26.9 Å². The molecule has 2 aromatic heterocycles. The summed E-state index contributed by atoms with van der Waals surface area (Å²) < 4.78 is 25.6. The first-order valence-corrected chi connectivity index (χ1v) is 7.54. The van der Waals surface area contributed by atoms with Crippen molar-refractivity contribution in [2.45, 2.75) is 0 Å². The lowest BCUT2D eigenvalue weighted by atomic mass is 10.2. The van der Waals surface area contributed by atoms with E-state index in [1.807, 2.05) is 24.3 Å². The predicted molar refractivity (Wildman–Crippen MR) is 89.2 cm³/mol. The molecule has 2 aromatic carbocycles. The van der Waals surface area contributed by atoms with Crippen LogP contribution in [-0.2, 0) is 0 Å². The van der Waals surface area contributed by atoms with Gasteiger partial charge in [0, 0.05) is 6.07 Å². The van der Waals surface area contributed by atoms with Crippen LogP contribution in [0.15, 0.2) is 60.7 Å². The number of fused-ring (bicyclic) bond motifs is 1. The molecule has 124 valence electrons. The average molecular weight is 336 g/mol. The van der Waals surface area contributed by atoms with E-state index in [9.17, 15) is 4.39 Å². The Kier molecular flexibility index (Phi) is 3.74. The largest absolute Gasteiger partial charge is 0.496 e. The van der Waals surface area contributed by atoms with Gasteiger partial charge in [-0.1, -0.05) is 12.1 Å². The maximum atomic E-state index is 13.0. The highest BCUT2D eigenvalue weighted by Crippen LogP contribution is 2.29. The fourth-order valence-corrected chi connectivity index (χ4v) is 2.45. The molecule has 0 N–H and O–H groups in total. The number of hydrogen-bond donors (Lipinski definition) is 0. The number of ether oxygens (including phenoxy) is 2. The maximum Gasteiger partial charge on any atom is 0.237 e. The Morgan fingerprint density at radius 1 is 0.920 bits per heavy atom. The number of para-hydroxylation sites is 1. The summed E-state index contributed by atoms with van der Waals surface area (Å²) in [5.74, 6) is 1.71. The molecule has 0 amide bonds. The van der Waals surface area contributed by atoms with Crippen LogP contribution in [0.5, 0.6) is 17.4 Å². The number of benzene rings is 2. The highest BCUT2D eigenvalue weighted by Gasteiger charge is 2.14. The topological polar surface area (TPSA) is 61.5 Å². The number of hydrogen-bond acceptors (Lipinski definition) is 5. The molecule has 25 heavy (non-hydrogen) atoms. The van der Waals surface area contributed by atoms with Gasteiger partial charge < -0.3 is 9.47 Å². The van der Waals surface area contributed by atoms with E-state index in [1.165, 1.54) is 24.3 Å². The zero-order chi connectivity index (χ0) is 17.2. The summed E-state index contributed by atoms with van der Waals surface area (Å²) in [7, 11) is 1.60. The van der Waals surface area contributed by atoms with Crippen LogP contribution >= 0.6 is 0 Å². The number of rotatable bonds is 4. The van der Waals surface area contributed by atoms with Crippen molar-refractivity contribution in [1.29, 1.82) is 0 Å². The van der Waals surface area contributed by atoms with Crippen molar-refractivity contribution in [2.24, 2.45) is 0 Å². The van der Waals surface area contributed by atoms with Crippen molar-refractivity contribution >= 4 is 5.65 Å². The van der Waals surface area contributed by atoms with Crippen LogP contribution in [0.4, 0.5) is 4.39 Å². The molecule has 0 spiro atoms. The van der Waals surface area contributed by atoms with Crippen LogP contribution in [0.1, 0.15) is 0 Å². The SMILES string of the molecule is COc1ccccc1-c1nnc2ccc(Oc3ccc(F)cc3)nn12. The standard InChI is InChI=1S/C18H13FN4O2/c1-24-15-5-3-2-4-14(15)18-21-20-16-10-11-17(22-23(16)18)25-13-8-6-12(19)7-9-13/h2-11H,1H3. The molecule has 0 unspecified atom stereocenters. The van der Waals surface area contributed by atoms with E-state index in [0.717, 1.165) is 5.56 Å². The lowest BCUT2D eigenvalue weighted by Crippen LogP contribution is -1.99. The lowest BCUT2D eigenvalue weighted by molar-refractivity contribution is 0.416. The average Bonchev–Trinajstić information content (AvgIpc) is 3.06. The molecule has 0 aliphatic heterocycles. The molecule has 4 rings (SSSR count). The summed E-state index contributed by atoms with van der Waals surface area (Å²) in [6.07, 6.45) is 0. The van der Waals surface area contributed by atoms with Gasteiger partial charge in [-0.05, 0) is 42.5 Å². The molecule has 0 fully saturated rings. The van der Waals surface area contributed by atoms with Crippen molar-refractivity contribution in [3.05, 3.63) is 66.5 Å². The van der Waals surface area contributed by atoms with E-state index >= 15 is 0 Å². The van der Waals surface area contributed by atoms with Crippen molar-refractivity contribution in [2.75, 3.05) is 7.11 Å². The van der Waals surface area contributed by atoms with Crippen LogP contribution in [0.2, 0.25) is 0 Å². The summed E-state index contributed by atoms with van der Waals surface area (Å²) in [5.41, 5.74) is 1.34. The second-order valence-corrected chi connectivity index (χ2v) is 5.22. The second-order valence-electron chi connectivity index (χ2n) is 5.22. The molecule has 0 saturated heterocycles. The van der Waals surface area contributed by atoms with Gasteiger partial charge in [-0.3, -0.25) is 0 Å². The minimum atomic E-state index is -0.326. The normalized spacial score (nSPS) is 10.8. The molecule has 0 aliphatic rings. The van der Waals surface area contributed by atoms with Gasteiger partial charge >= 0.3 is 0 Å². The highest BCUT2D eigenvalue weighted by atomic mass is 19.1. The first-order chi connectivity index (χ1) is 12.2. The van der Waals surface area contributed by atoms with E-state index in [2.05, 4.69) is 15.3 Å². The third kappa shape index (κ3) is 2.87. The van der Waals surface area contributed by atoms with Crippen molar-refractivity contribution in [3.63, 3.8) is 0 Å². The number of methoxy groups -OCH3 is 1. The summed E-state index contributed by atoms with van der Waals surface area (Å²) in [4.78, 5) is 0. The van der Waals surface area contributed by atoms with Gasteiger partial charge in [0.05, 0.1) is 12.7 Å². The summed E-state index contributed by atoms with van der Waals surface area (Å²) >= 11 is 0. The zero-order valence-electron chi connectivity index (χ0n) is 13.3. The number of halogens is 1. The molecule has 0 radical (unpaired) electrons. The molecule has 0 saturated carbocycles. The molecule has 4 aromatic rings. The van der Waals surface area contributed by atoms with E-state index in [0.29, 0.717) is 28.9 Å². The quantitative estimate of drug-likeness (QED) is 0.568. The summed E-state index contributed by atoms with van der Waals surface area (Å²) in [5, 5.41) is 12.7. The monoisotopic (exact) mass is 336 g/mol. The Balaban J connectivity index is 1.76. The fraction of sp³-hybridized carbons (Fsp3) is 0.0556. The third-order valence-electron chi connectivity index (χ3n) is 3.62. The van der Waals surface area contributed by atoms with Crippen molar-refractivity contribution in [3.8, 4) is 28.8 Å². The van der Waals surface area contributed by atoms with Gasteiger partial charge in [0.2, 0.25) is 5.88 Å². The zero-order valence-corrected chi connectivity index (χ0v) is 13.3. The molecule has 0 bridgehead atoms. The molecule has 6 nitrogen and oxygen atoms in total. The van der Waals surface area contributed by atoms with Gasteiger partial charge in [0.25, 0.3) is 0 Å². The Labute approximate surface area is 142 Å². The van der Waals surface area contributed by atoms with E-state index < -0.39 is 0 Å². The molecular weight excluding hydrogens is 323 g/mol. The molecule has 7 heteroatoms. The minimum Gasteiger partial charge on any atom is -0.496 e. The van der Waals surface area contributed by atoms with Crippen molar-refractivity contribution < 1.29 is 13.9 Å². The number of aromatic nitrogens is 4. The van der Waals surface area contributed by atoms with Crippen LogP contribution < -0.4 is 9.47 Å². The van der Waals surface area contributed by atoms with Crippen LogP contribution in [0, 0.1) is 5.82 Å². The van der Waals surface area contributed by atoms with Crippen LogP contribution in [0.25, 0.3) is 17.0 Å². The Morgan fingerprint density at radius 3 is 2.52 bits per heavy atom. The van der Waals surface area contributed by atoms with Gasteiger partial charge in [-0.15, -0.1) is 15.3 Å². The Bertz CT molecular complexity index is 1030. The lowest BCUT2D eigenvalue weighted by Gasteiger charge is -2.07. The fourth-order valence-electron chi connectivity index (χ4n) is 2.45. The maximum absolute atomic E-state index is 13.0. The number of nitrogens with zero attached hydrogens (tertiary/aromatic N) is 4. The highest BCUT2D eigenvalue weighted by molar-refractivity contribution is 5.66. The van der Waals surface area contributed by atoms with Gasteiger partial charge in [0.15, 0.2) is 11.5 Å². The summed E-state index contributed by atoms with van der Waals surface area (Å²) in [6, 6.07) is 16.6. The van der Waals surface area contributed by atoms with Crippen molar-refractivity contribution in [1.82, 2.24) is 19.8 Å². The smallest absolute Gasteiger partial charge is 0.237 e. The van der Waals surface area contributed by atoms with E-state index in [4.69, 9.17) is 9.47 Å². The molecule has 0 aliphatic carbocycles.